The van der Waals surface area contributed by atoms with E-state index in [1.165, 1.54) is 0 Å². The number of hydrogen-bond donors (Lipinski definition) is 1. The van der Waals surface area contributed by atoms with Crippen molar-refractivity contribution in [2.75, 3.05) is 31.1 Å². The van der Waals surface area contributed by atoms with Crippen LogP contribution in [0.15, 0.2) is 6.20 Å². The number of rotatable bonds is 5. The van der Waals surface area contributed by atoms with E-state index in [4.69, 9.17) is 0 Å². The van der Waals surface area contributed by atoms with E-state index >= 15 is 0 Å². The van der Waals surface area contributed by atoms with Crippen LogP contribution in [-0.4, -0.2) is 65.0 Å². The summed E-state index contributed by atoms with van der Waals surface area (Å²) in [6, 6.07) is 0. The van der Waals surface area contributed by atoms with Crippen molar-refractivity contribution in [3.8, 4) is 0 Å². The fraction of sp³-hybridized carbons (Fsp3) is 0.846. The first-order chi connectivity index (χ1) is 9.73. The minimum Gasteiger partial charge on any atom is -0.306 e. The average Bonchev–Trinajstić information content (AvgIpc) is 2.82. The molecule has 8 heteroatoms. The largest absolute Gasteiger partial charge is 0.306 e. The van der Waals surface area contributed by atoms with Gasteiger partial charge in [0.15, 0.2) is 9.84 Å². The normalized spacial score (nSPS) is 19.8. The van der Waals surface area contributed by atoms with Crippen molar-refractivity contribution in [1.82, 2.24) is 25.2 Å². The first-order valence-electron chi connectivity index (χ1n) is 7.30. The van der Waals surface area contributed by atoms with Crippen molar-refractivity contribution in [1.29, 1.82) is 0 Å². The lowest BCUT2D eigenvalue weighted by atomic mass is 10.1. The van der Waals surface area contributed by atoms with E-state index in [1.807, 2.05) is 10.9 Å². The lowest BCUT2D eigenvalue weighted by Gasteiger charge is -2.26. The maximum atomic E-state index is 11.4. The van der Waals surface area contributed by atoms with Crippen LogP contribution in [0.5, 0.6) is 0 Å². The summed E-state index contributed by atoms with van der Waals surface area (Å²) in [6.45, 7) is 9.83. The van der Waals surface area contributed by atoms with Crippen molar-refractivity contribution in [2.24, 2.45) is 0 Å². The van der Waals surface area contributed by atoms with Crippen molar-refractivity contribution >= 4 is 9.84 Å². The molecule has 7 nitrogen and oxygen atoms in total. The van der Waals surface area contributed by atoms with Gasteiger partial charge in [-0.25, -0.2) is 8.42 Å². The highest BCUT2D eigenvalue weighted by molar-refractivity contribution is 7.91. The Bertz CT molecular complexity index is 547. The first kappa shape index (κ1) is 16.4. The number of sulfone groups is 1. The molecular weight excluding hydrogens is 290 g/mol. The van der Waals surface area contributed by atoms with E-state index in [0.29, 0.717) is 19.6 Å². The Morgan fingerprint density at radius 1 is 1.24 bits per heavy atom. The van der Waals surface area contributed by atoms with Crippen molar-refractivity contribution in [3.05, 3.63) is 11.9 Å². The standard InChI is InChI=1S/C13H25N5O2S/c1-13(2,3)14-10-12-11-18(16-15-12)5-4-17-6-8-21(19,20)9-7-17/h11,14H,4-10H2,1-3H3. The lowest BCUT2D eigenvalue weighted by molar-refractivity contribution is 0.277. The second kappa shape index (κ2) is 6.41. The van der Waals surface area contributed by atoms with Gasteiger partial charge in [-0.15, -0.1) is 5.10 Å². The number of nitrogens with one attached hydrogen (secondary N) is 1. The summed E-state index contributed by atoms with van der Waals surface area (Å²) in [6.07, 6.45) is 1.94. The van der Waals surface area contributed by atoms with Gasteiger partial charge in [-0.3, -0.25) is 9.58 Å². The molecule has 1 aromatic heterocycles. The monoisotopic (exact) mass is 315 g/mol. The molecule has 0 unspecified atom stereocenters. The zero-order valence-electron chi connectivity index (χ0n) is 13.0. The fourth-order valence-corrected chi connectivity index (χ4v) is 3.38. The Balaban J connectivity index is 1.76. The van der Waals surface area contributed by atoms with Gasteiger partial charge in [-0.2, -0.15) is 0 Å². The van der Waals surface area contributed by atoms with E-state index < -0.39 is 9.84 Å². The molecule has 0 aromatic carbocycles. The van der Waals surface area contributed by atoms with Crippen LogP contribution in [0.1, 0.15) is 26.5 Å². The van der Waals surface area contributed by atoms with E-state index in [0.717, 1.165) is 18.8 Å². The third kappa shape index (κ3) is 5.72. The second-order valence-electron chi connectivity index (χ2n) is 6.57. The molecule has 0 bridgehead atoms. The predicted molar refractivity (Wildman–Crippen MR) is 81.7 cm³/mol. The molecule has 0 amide bonds. The second-order valence-corrected chi connectivity index (χ2v) is 8.87. The van der Waals surface area contributed by atoms with Crippen LogP contribution in [0.25, 0.3) is 0 Å². The van der Waals surface area contributed by atoms with Crippen LogP contribution in [0.3, 0.4) is 0 Å². The third-order valence-corrected chi connectivity index (χ3v) is 5.08. The molecule has 1 aliphatic heterocycles. The summed E-state index contributed by atoms with van der Waals surface area (Å²) in [7, 11) is -2.80. The molecule has 1 aromatic rings. The number of aromatic nitrogens is 3. The van der Waals surface area contributed by atoms with Gasteiger partial charge in [0.1, 0.15) is 0 Å². The summed E-state index contributed by atoms with van der Waals surface area (Å²) in [5, 5.41) is 11.6. The number of hydrogen-bond acceptors (Lipinski definition) is 6. The van der Waals surface area contributed by atoms with Crippen LogP contribution in [0, 0.1) is 0 Å². The Hall–Kier alpha value is -0.990. The Kier molecular flexibility index (Phi) is 5.00. The third-order valence-electron chi connectivity index (χ3n) is 3.47. The Morgan fingerprint density at radius 3 is 2.52 bits per heavy atom. The fourth-order valence-electron chi connectivity index (χ4n) is 2.10. The van der Waals surface area contributed by atoms with Gasteiger partial charge in [0.25, 0.3) is 0 Å². The molecule has 2 heterocycles. The highest BCUT2D eigenvalue weighted by atomic mass is 32.2. The molecular formula is C13H25N5O2S. The van der Waals surface area contributed by atoms with E-state index in [1.54, 1.807) is 0 Å². The topological polar surface area (TPSA) is 80.1 Å². The molecule has 1 saturated heterocycles. The van der Waals surface area contributed by atoms with Gasteiger partial charge in [0.2, 0.25) is 0 Å². The molecule has 120 valence electrons. The van der Waals surface area contributed by atoms with Crippen LogP contribution in [-0.2, 0) is 22.9 Å². The zero-order chi connectivity index (χ0) is 15.5. The predicted octanol–water partition coefficient (Wildman–Crippen LogP) is -0.103. The molecule has 0 radical (unpaired) electrons. The Labute approximate surface area is 126 Å². The van der Waals surface area contributed by atoms with Gasteiger partial charge in [0, 0.05) is 37.9 Å². The minimum atomic E-state index is -2.80. The Morgan fingerprint density at radius 2 is 1.90 bits per heavy atom. The molecule has 1 fully saturated rings. The minimum absolute atomic E-state index is 0.0586. The molecule has 0 atom stereocenters. The highest BCUT2D eigenvalue weighted by Crippen LogP contribution is 2.04. The quantitative estimate of drug-likeness (QED) is 0.817. The van der Waals surface area contributed by atoms with Crippen LogP contribution in [0.4, 0.5) is 0 Å². The molecule has 0 aliphatic carbocycles. The van der Waals surface area contributed by atoms with Crippen molar-refractivity contribution in [2.45, 2.75) is 39.4 Å². The van der Waals surface area contributed by atoms with Crippen LogP contribution < -0.4 is 5.32 Å². The maximum absolute atomic E-state index is 11.4. The van der Waals surface area contributed by atoms with E-state index in [-0.39, 0.29) is 17.0 Å². The summed E-state index contributed by atoms with van der Waals surface area (Å²) in [4.78, 5) is 2.16. The molecule has 2 rings (SSSR count). The summed E-state index contributed by atoms with van der Waals surface area (Å²) in [5.41, 5.74) is 0.981. The van der Waals surface area contributed by atoms with Gasteiger partial charge in [0.05, 0.1) is 23.7 Å². The van der Waals surface area contributed by atoms with E-state index in [9.17, 15) is 8.42 Å². The summed E-state index contributed by atoms with van der Waals surface area (Å²) >= 11 is 0. The average molecular weight is 315 g/mol. The molecule has 0 spiro atoms. The van der Waals surface area contributed by atoms with Gasteiger partial charge < -0.3 is 5.32 Å². The summed E-state index contributed by atoms with van der Waals surface area (Å²) in [5.74, 6) is 0.538. The summed E-state index contributed by atoms with van der Waals surface area (Å²) < 4.78 is 24.6. The number of nitrogens with zero attached hydrogens (tertiary/aromatic N) is 4. The van der Waals surface area contributed by atoms with Gasteiger partial charge >= 0.3 is 0 Å². The molecule has 1 N–H and O–H groups in total. The van der Waals surface area contributed by atoms with E-state index in [2.05, 4.69) is 41.3 Å². The van der Waals surface area contributed by atoms with Crippen molar-refractivity contribution < 1.29 is 8.42 Å². The van der Waals surface area contributed by atoms with Crippen LogP contribution in [0.2, 0.25) is 0 Å². The molecule has 21 heavy (non-hydrogen) atoms. The molecule has 0 saturated carbocycles. The van der Waals surface area contributed by atoms with Crippen LogP contribution >= 0.6 is 0 Å². The van der Waals surface area contributed by atoms with Crippen molar-refractivity contribution in [3.63, 3.8) is 0 Å². The SMILES string of the molecule is CC(C)(C)NCc1cn(CCN2CCS(=O)(=O)CC2)nn1. The maximum Gasteiger partial charge on any atom is 0.152 e. The molecule has 1 aliphatic rings. The first-order valence-corrected chi connectivity index (χ1v) is 9.12. The highest BCUT2D eigenvalue weighted by Gasteiger charge is 2.21. The smallest absolute Gasteiger partial charge is 0.152 e. The lowest BCUT2D eigenvalue weighted by Crippen LogP contribution is -2.41. The van der Waals surface area contributed by atoms with Gasteiger partial charge in [-0.1, -0.05) is 5.21 Å². The van der Waals surface area contributed by atoms with Gasteiger partial charge in [-0.05, 0) is 20.8 Å². The zero-order valence-corrected chi connectivity index (χ0v) is 13.9.